The lowest BCUT2D eigenvalue weighted by molar-refractivity contribution is 0.103. The van der Waals surface area contributed by atoms with Crippen molar-refractivity contribution in [3.05, 3.63) is 40.7 Å². The first-order valence-corrected chi connectivity index (χ1v) is 5.96. The standard InChI is InChI=1S/C12H8FN3O2S/c13-10-6-9(4-3-8(10)2-1-5-17)15-12(18)11-7-14-16-19-11/h3-4,6-7,17H,5H2,(H,15,18). The molecule has 1 aromatic carbocycles. The van der Waals surface area contributed by atoms with Gasteiger partial charge in [-0.05, 0) is 29.7 Å². The highest BCUT2D eigenvalue weighted by Crippen LogP contribution is 2.15. The van der Waals surface area contributed by atoms with Crippen LogP contribution < -0.4 is 5.32 Å². The molecule has 2 N–H and O–H groups in total. The van der Waals surface area contributed by atoms with E-state index >= 15 is 0 Å². The summed E-state index contributed by atoms with van der Waals surface area (Å²) in [7, 11) is 0. The SMILES string of the molecule is O=C(Nc1ccc(C#CCO)c(F)c1)c1cnns1. The van der Waals surface area contributed by atoms with E-state index in [1.807, 2.05) is 0 Å². The normalized spacial score (nSPS) is 9.58. The fourth-order valence-electron chi connectivity index (χ4n) is 1.29. The number of aromatic nitrogens is 2. The largest absolute Gasteiger partial charge is 0.384 e. The Bertz CT molecular complexity index is 647. The van der Waals surface area contributed by atoms with Crippen LogP contribution in [0.4, 0.5) is 10.1 Å². The highest BCUT2D eigenvalue weighted by atomic mass is 32.1. The molecule has 2 rings (SSSR count). The van der Waals surface area contributed by atoms with E-state index in [0.29, 0.717) is 10.6 Å². The number of carbonyl (C=O) groups is 1. The van der Waals surface area contributed by atoms with E-state index < -0.39 is 11.7 Å². The molecule has 19 heavy (non-hydrogen) atoms. The maximum Gasteiger partial charge on any atom is 0.269 e. The lowest BCUT2D eigenvalue weighted by atomic mass is 10.2. The number of hydrogen-bond acceptors (Lipinski definition) is 5. The number of halogens is 1. The van der Waals surface area contributed by atoms with E-state index in [9.17, 15) is 9.18 Å². The number of hydrogen-bond donors (Lipinski definition) is 2. The summed E-state index contributed by atoms with van der Waals surface area (Å²) in [5, 5.41) is 14.6. The van der Waals surface area contributed by atoms with Gasteiger partial charge in [0, 0.05) is 5.69 Å². The van der Waals surface area contributed by atoms with Gasteiger partial charge in [0.25, 0.3) is 5.91 Å². The van der Waals surface area contributed by atoms with Crippen LogP contribution in [0.2, 0.25) is 0 Å². The third kappa shape index (κ3) is 3.34. The molecular weight excluding hydrogens is 269 g/mol. The van der Waals surface area contributed by atoms with Gasteiger partial charge in [-0.2, -0.15) is 0 Å². The van der Waals surface area contributed by atoms with Crippen molar-refractivity contribution in [1.29, 1.82) is 0 Å². The summed E-state index contributed by atoms with van der Waals surface area (Å²) in [5.41, 5.74) is 0.469. The van der Waals surface area contributed by atoms with Crippen LogP contribution in [0.5, 0.6) is 0 Å². The molecule has 1 aromatic heterocycles. The van der Waals surface area contributed by atoms with Gasteiger partial charge in [-0.1, -0.05) is 16.3 Å². The number of aliphatic hydroxyl groups excluding tert-OH is 1. The zero-order valence-electron chi connectivity index (χ0n) is 9.55. The monoisotopic (exact) mass is 277 g/mol. The smallest absolute Gasteiger partial charge is 0.269 e. The molecule has 5 nitrogen and oxygen atoms in total. The van der Waals surface area contributed by atoms with Crippen LogP contribution in [0.3, 0.4) is 0 Å². The van der Waals surface area contributed by atoms with Crippen LogP contribution in [0.25, 0.3) is 0 Å². The Labute approximate surface area is 112 Å². The van der Waals surface area contributed by atoms with Crippen molar-refractivity contribution in [2.24, 2.45) is 0 Å². The second-order valence-electron chi connectivity index (χ2n) is 3.39. The highest BCUT2D eigenvalue weighted by molar-refractivity contribution is 7.07. The van der Waals surface area contributed by atoms with Crippen molar-refractivity contribution in [1.82, 2.24) is 9.59 Å². The number of amides is 1. The third-order valence-corrected chi connectivity index (χ3v) is 2.78. The molecule has 0 atom stereocenters. The van der Waals surface area contributed by atoms with E-state index in [2.05, 4.69) is 26.7 Å². The van der Waals surface area contributed by atoms with Gasteiger partial charge in [-0.25, -0.2) is 4.39 Å². The first kappa shape index (κ1) is 13.1. The Hall–Kier alpha value is -2.30. The number of carbonyl (C=O) groups excluding carboxylic acids is 1. The molecule has 0 unspecified atom stereocenters. The van der Waals surface area contributed by atoms with Gasteiger partial charge in [0.15, 0.2) is 0 Å². The van der Waals surface area contributed by atoms with Gasteiger partial charge in [-0.3, -0.25) is 4.79 Å². The number of rotatable bonds is 2. The average molecular weight is 277 g/mol. The van der Waals surface area contributed by atoms with Crippen LogP contribution in [0, 0.1) is 17.7 Å². The van der Waals surface area contributed by atoms with Crippen molar-refractivity contribution < 1.29 is 14.3 Å². The van der Waals surface area contributed by atoms with Crippen LogP contribution in [-0.4, -0.2) is 27.2 Å². The Morgan fingerprint density at radius 2 is 2.37 bits per heavy atom. The van der Waals surface area contributed by atoms with E-state index in [4.69, 9.17) is 5.11 Å². The predicted molar refractivity (Wildman–Crippen MR) is 68.2 cm³/mol. The molecule has 0 saturated carbocycles. The Kier molecular flexibility index (Phi) is 4.18. The van der Waals surface area contributed by atoms with Crippen LogP contribution in [0.15, 0.2) is 24.4 Å². The van der Waals surface area contributed by atoms with Crippen molar-refractivity contribution in [2.75, 3.05) is 11.9 Å². The van der Waals surface area contributed by atoms with Gasteiger partial charge in [-0.15, -0.1) is 5.10 Å². The fourth-order valence-corrected chi connectivity index (χ4v) is 1.70. The Morgan fingerprint density at radius 1 is 1.53 bits per heavy atom. The molecule has 7 heteroatoms. The molecule has 0 aliphatic heterocycles. The van der Waals surface area contributed by atoms with Crippen molar-refractivity contribution in [3.63, 3.8) is 0 Å². The zero-order chi connectivity index (χ0) is 13.7. The molecule has 0 aliphatic carbocycles. The number of benzene rings is 1. The van der Waals surface area contributed by atoms with Gasteiger partial charge in [0.1, 0.15) is 17.3 Å². The quantitative estimate of drug-likeness (QED) is 0.811. The minimum atomic E-state index is -0.568. The van der Waals surface area contributed by atoms with Crippen molar-refractivity contribution in [2.45, 2.75) is 0 Å². The minimum Gasteiger partial charge on any atom is -0.384 e. The molecule has 96 valence electrons. The molecule has 0 spiro atoms. The number of nitrogens with zero attached hydrogens (tertiary/aromatic N) is 2. The molecule has 0 radical (unpaired) electrons. The second-order valence-corrected chi connectivity index (χ2v) is 4.18. The summed E-state index contributed by atoms with van der Waals surface area (Å²) in [4.78, 5) is 12.0. The number of anilines is 1. The Morgan fingerprint density at radius 3 is 3.00 bits per heavy atom. The molecule has 0 saturated heterocycles. The summed E-state index contributed by atoms with van der Waals surface area (Å²) in [6.07, 6.45) is 1.33. The zero-order valence-corrected chi connectivity index (χ0v) is 10.4. The van der Waals surface area contributed by atoms with E-state index in [-0.39, 0.29) is 12.2 Å². The van der Waals surface area contributed by atoms with Crippen LogP contribution >= 0.6 is 11.5 Å². The number of nitrogens with one attached hydrogen (secondary N) is 1. The molecule has 2 aromatic rings. The van der Waals surface area contributed by atoms with E-state index in [1.54, 1.807) is 0 Å². The summed E-state index contributed by atoms with van der Waals surface area (Å²) in [6, 6.07) is 4.11. The van der Waals surface area contributed by atoms with Crippen molar-refractivity contribution >= 4 is 23.1 Å². The predicted octanol–water partition coefficient (Wildman–Crippen LogP) is 1.27. The maximum absolute atomic E-state index is 13.6. The first-order valence-electron chi connectivity index (χ1n) is 5.18. The van der Waals surface area contributed by atoms with Gasteiger partial charge < -0.3 is 10.4 Å². The third-order valence-electron chi connectivity index (χ3n) is 2.11. The van der Waals surface area contributed by atoms with Gasteiger partial charge in [0.05, 0.1) is 11.8 Å². The second kappa shape index (κ2) is 6.04. The molecule has 0 fully saturated rings. The highest BCUT2D eigenvalue weighted by Gasteiger charge is 2.09. The molecule has 1 heterocycles. The molecule has 1 amide bonds. The number of aliphatic hydroxyl groups is 1. The van der Waals surface area contributed by atoms with Crippen LogP contribution in [0.1, 0.15) is 15.2 Å². The van der Waals surface area contributed by atoms with E-state index in [1.165, 1.54) is 18.3 Å². The molecule has 0 bridgehead atoms. The minimum absolute atomic E-state index is 0.159. The molecule has 0 aliphatic rings. The van der Waals surface area contributed by atoms with Gasteiger partial charge >= 0.3 is 0 Å². The summed E-state index contributed by atoms with van der Waals surface area (Å²) >= 11 is 0.952. The average Bonchev–Trinajstić information content (AvgIpc) is 2.92. The topological polar surface area (TPSA) is 75.1 Å². The van der Waals surface area contributed by atoms with Crippen LogP contribution in [-0.2, 0) is 0 Å². The molecular formula is C12H8FN3O2S. The Balaban J connectivity index is 2.14. The lowest BCUT2D eigenvalue weighted by Crippen LogP contribution is -2.10. The summed E-state index contributed by atoms with van der Waals surface area (Å²) < 4.78 is 17.2. The summed E-state index contributed by atoms with van der Waals surface area (Å²) in [6.45, 7) is -0.337. The van der Waals surface area contributed by atoms with Crippen molar-refractivity contribution in [3.8, 4) is 11.8 Å². The summed E-state index contributed by atoms with van der Waals surface area (Å²) in [5.74, 6) is 3.85. The van der Waals surface area contributed by atoms with E-state index in [0.717, 1.165) is 17.6 Å². The fraction of sp³-hybridized carbons (Fsp3) is 0.0833. The first-order chi connectivity index (χ1) is 9.20. The lowest BCUT2D eigenvalue weighted by Gasteiger charge is -2.03. The van der Waals surface area contributed by atoms with Gasteiger partial charge in [0.2, 0.25) is 0 Å². The maximum atomic E-state index is 13.6.